The van der Waals surface area contributed by atoms with Crippen LogP contribution in [0, 0.1) is 11.8 Å². The van der Waals surface area contributed by atoms with Gasteiger partial charge in [0.05, 0.1) is 14.2 Å². The molecule has 22 heavy (non-hydrogen) atoms. The molecule has 5 heteroatoms. The second-order valence-corrected chi connectivity index (χ2v) is 6.06. The van der Waals surface area contributed by atoms with Gasteiger partial charge in [0.1, 0.15) is 0 Å². The predicted octanol–water partition coefficient (Wildman–Crippen LogP) is 3.26. The monoisotopic (exact) mass is 305 g/mol. The van der Waals surface area contributed by atoms with Crippen molar-refractivity contribution >= 4 is 11.6 Å². The molecule has 0 aromatic heterocycles. The van der Waals surface area contributed by atoms with Crippen molar-refractivity contribution < 1.29 is 9.47 Å². The number of hydrogen-bond acceptors (Lipinski definition) is 3. The maximum Gasteiger partial charge on any atom is 0.193 e. The fourth-order valence-corrected chi connectivity index (χ4v) is 3.05. The van der Waals surface area contributed by atoms with Crippen LogP contribution in [0.15, 0.2) is 23.2 Å². The summed E-state index contributed by atoms with van der Waals surface area (Å²) in [5, 5.41) is 3.11. The molecule has 0 radical (unpaired) electrons. The summed E-state index contributed by atoms with van der Waals surface area (Å²) in [6.45, 7) is 3.12. The topological polar surface area (TPSA) is 68.9 Å². The molecule has 0 bridgehead atoms. The van der Waals surface area contributed by atoms with Crippen molar-refractivity contribution in [3.05, 3.63) is 18.2 Å². The Morgan fingerprint density at radius 3 is 2.73 bits per heavy atom. The number of hydrogen-bond donors (Lipinski definition) is 2. The summed E-state index contributed by atoms with van der Waals surface area (Å²) in [7, 11) is 3.23. The van der Waals surface area contributed by atoms with Crippen LogP contribution in [-0.2, 0) is 0 Å². The van der Waals surface area contributed by atoms with Crippen molar-refractivity contribution in [2.75, 3.05) is 26.1 Å². The summed E-state index contributed by atoms with van der Waals surface area (Å²) in [5.41, 5.74) is 6.83. The molecule has 3 N–H and O–H groups in total. The molecule has 1 saturated carbocycles. The highest BCUT2D eigenvalue weighted by molar-refractivity contribution is 5.92. The third kappa shape index (κ3) is 4.55. The zero-order valence-corrected chi connectivity index (χ0v) is 13.8. The van der Waals surface area contributed by atoms with E-state index in [1.165, 1.54) is 25.7 Å². The van der Waals surface area contributed by atoms with Crippen molar-refractivity contribution in [1.29, 1.82) is 0 Å². The number of guanidine groups is 1. The molecule has 1 aliphatic carbocycles. The number of nitrogens with two attached hydrogens (primary N) is 1. The average Bonchev–Trinajstić information content (AvgIpc) is 2.53. The van der Waals surface area contributed by atoms with Gasteiger partial charge in [0.15, 0.2) is 17.5 Å². The number of methoxy groups -OCH3 is 2. The van der Waals surface area contributed by atoms with Crippen molar-refractivity contribution in [3.8, 4) is 11.5 Å². The molecule has 0 spiro atoms. The zero-order chi connectivity index (χ0) is 15.9. The van der Waals surface area contributed by atoms with Crippen molar-refractivity contribution in [3.63, 3.8) is 0 Å². The van der Waals surface area contributed by atoms with Crippen LogP contribution in [0.4, 0.5) is 5.69 Å². The van der Waals surface area contributed by atoms with Crippen LogP contribution in [0.3, 0.4) is 0 Å². The van der Waals surface area contributed by atoms with E-state index in [0.717, 1.165) is 18.2 Å². The normalized spacial score (nSPS) is 22.2. The summed E-state index contributed by atoms with van der Waals surface area (Å²) in [6.07, 6.45) is 5.18. The van der Waals surface area contributed by atoms with Gasteiger partial charge in [0, 0.05) is 18.3 Å². The van der Waals surface area contributed by atoms with Crippen LogP contribution in [-0.4, -0.2) is 26.7 Å². The number of nitrogens with zero attached hydrogens (tertiary/aromatic N) is 1. The lowest BCUT2D eigenvalue weighted by Gasteiger charge is -2.25. The van der Waals surface area contributed by atoms with E-state index in [2.05, 4.69) is 17.2 Å². The maximum absolute atomic E-state index is 5.99. The fourth-order valence-electron chi connectivity index (χ4n) is 3.05. The molecule has 122 valence electrons. The maximum atomic E-state index is 5.99. The number of ether oxygens (including phenoxy) is 2. The van der Waals surface area contributed by atoms with E-state index in [-0.39, 0.29) is 0 Å². The highest BCUT2D eigenvalue weighted by Gasteiger charge is 2.18. The smallest absolute Gasteiger partial charge is 0.193 e. The summed E-state index contributed by atoms with van der Waals surface area (Å²) in [5.74, 6) is 3.29. The second kappa shape index (κ2) is 7.92. The first kappa shape index (κ1) is 16.5. The average molecular weight is 305 g/mol. The molecule has 5 nitrogen and oxygen atoms in total. The van der Waals surface area contributed by atoms with Gasteiger partial charge in [-0.1, -0.05) is 19.8 Å². The Kier molecular flexibility index (Phi) is 5.92. The Morgan fingerprint density at radius 2 is 2.05 bits per heavy atom. The molecule has 0 aliphatic heterocycles. The van der Waals surface area contributed by atoms with Gasteiger partial charge in [0.25, 0.3) is 0 Å². The molecule has 0 amide bonds. The lowest BCUT2D eigenvalue weighted by molar-refractivity contribution is 0.289. The Morgan fingerprint density at radius 1 is 1.27 bits per heavy atom. The third-order valence-electron chi connectivity index (χ3n) is 4.22. The van der Waals surface area contributed by atoms with E-state index >= 15 is 0 Å². The van der Waals surface area contributed by atoms with Gasteiger partial charge < -0.3 is 20.5 Å². The van der Waals surface area contributed by atoms with Crippen LogP contribution >= 0.6 is 0 Å². The van der Waals surface area contributed by atoms with Crippen molar-refractivity contribution in [1.82, 2.24) is 0 Å². The zero-order valence-electron chi connectivity index (χ0n) is 13.8. The molecule has 2 unspecified atom stereocenters. The Balaban J connectivity index is 1.93. The summed E-state index contributed by atoms with van der Waals surface area (Å²) < 4.78 is 10.5. The predicted molar refractivity (Wildman–Crippen MR) is 90.8 cm³/mol. The van der Waals surface area contributed by atoms with Gasteiger partial charge in [-0.15, -0.1) is 0 Å². The van der Waals surface area contributed by atoms with Crippen LogP contribution < -0.4 is 20.5 Å². The molecule has 1 fully saturated rings. The van der Waals surface area contributed by atoms with Crippen LogP contribution in [0.5, 0.6) is 11.5 Å². The van der Waals surface area contributed by atoms with Crippen LogP contribution in [0.2, 0.25) is 0 Å². The molecular formula is C17H27N3O2. The summed E-state index contributed by atoms with van der Waals surface area (Å²) >= 11 is 0. The minimum atomic E-state index is 0.449. The first-order valence-corrected chi connectivity index (χ1v) is 7.91. The van der Waals surface area contributed by atoms with Gasteiger partial charge in [-0.3, -0.25) is 4.99 Å². The first-order valence-electron chi connectivity index (χ1n) is 7.91. The van der Waals surface area contributed by atoms with E-state index in [9.17, 15) is 0 Å². The number of anilines is 1. The Bertz CT molecular complexity index is 517. The van der Waals surface area contributed by atoms with Crippen LogP contribution in [0.25, 0.3) is 0 Å². The molecule has 2 rings (SSSR count). The molecule has 2 atom stereocenters. The Labute approximate surface area is 132 Å². The van der Waals surface area contributed by atoms with E-state index in [1.807, 2.05) is 18.2 Å². The quantitative estimate of drug-likeness (QED) is 0.647. The molecule has 0 heterocycles. The SMILES string of the molecule is COc1ccc(NC(N)=NCC2CCCC(C)C2)cc1OC. The van der Waals surface area contributed by atoms with E-state index in [0.29, 0.717) is 23.4 Å². The number of benzene rings is 1. The Hall–Kier alpha value is -1.91. The van der Waals surface area contributed by atoms with Gasteiger partial charge in [0.2, 0.25) is 0 Å². The first-order chi connectivity index (χ1) is 10.6. The molecule has 0 saturated heterocycles. The minimum Gasteiger partial charge on any atom is -0.493 e. The van der Waals surface area contributed by atoms with Crippen molar-refractivity contribution in [2.45, 2.75) is 32.6 Å². The van der Waals surface area contributed by atoms with Gasteiger partial charge >= 0.3 is 0 Å². The highest BCUT2D eigenvalue weighted by atomic mass is 16.5. The summed E-state index contributed by atoms with van der Waals surface area (Å²) in [6, 6.07) is 5.59. The van der Waals surface area contributed by atoms with Gasteiger partial charge in [-0.2, -0.15) is 0 Å². The van der Waals surface area contributed by atoms with Gasteiger partial charge in [-0.25, -0.2) is 0 Å². The van der Waals surface area contributed by atoms with E-state index in [4.69, 9.17) is 15.2 Å². The minimum absolute atomic E-state index is 0.449. The summed E-state index contributed by atoms with van der Waals surface area (Å²) in [4.78, 5) is 4.49. The highest BCUT2D eigenvalue weighted by Crippen LogP contribution is 2.30. The molecule has 1 aliphatic rings. The van der Waals surface area contributed by atoms with Gasteiger partial charge in [-0.05, 0) is 36.8 Å². The van der Waals surface area contributed by atoms with E-state index in [1.54, 1.807) is 14.2 Å². The number of aliphatic imine (C=N–C) groups is 1. The standard InChI is InChI=1S/C17H27N3O2/c1-12-5-4-6-13(9-12)11-19-17(18)20-14-7-8-15(21-2)16(10-14)22-3/h7-8,10,12-13H,4-6,9,11H2,1-3H3,(H3,18,19,20). The largest absolute Gasteiger partial charge is 0.493 e. The third-order valence-corrected chi connectivity index (χ3v) is 4.22. The fraction of sp³-hybridized carbons (Fsp3) is 0.588. The molecular weight excluding hydrogens is 278 g/mol. The lowest BCUT2D eigenvalue weighted by atomic mass is 9.82. The van der Waals surface area contributed by atoms with Crippen molar-refractivity contribution in [2.24, 2.45) is 22.6 Å². The second-order valence-electron chi connectivity index (χ2n) is 6.06. The number of rotatable bonds is 5. The molecule has 1 aromatic carbocycles. The lowest BCUT2D eigenvalue weighted by Crippen LogP contribution is -2.25. The number of nitrogens with one attached hydrogen (secondary N) is 1. The van der Waals surface area contributed by atoms with Crippen LogP contribution in [0.1, 0.15) is 32.6 Å². The van der Waals surface area contributed by atoms with E-state index < -0.39 is 0 Å². The molecule has 1 aromatic rings.